The number of thioether (sulfide) groups is 1. The lowest BCUT2D eigenvalue weighted by Gasteiger charge is -2.04. The van der Waals surface area contributed by atoms with Crippen molar-refractivity contribution in [3.63, 3.8) is 0 Å². The second kappa shape index (κ2) is 6.91. The lowest BCUT2D eigenvalue weighted by molar-refractivity contribution is -0.136. The number of benzene rings is 1. The van der Waals surface area contributed by atoms with Gasteiger partial charge in [0.15, 0.2) is 5.16 Å². The molecule has 0 atom stereocenters. The lowest BCUT2D eigenvalue weighted by atomic mass is 10.1. The van der Waals surface area contributed by atoms with Crippen LogP contribution in [0, 0.1) is 0 Å². The summed E-state index contributed by atoms with van der Waals surface area (Å²) in [5.74, 6) is 0.434. The normalized spacial score (nSPS) is 10.2. The summed E-state index contributed by atoms with van der Waals surface area (Å²) in [5.41, 5.74) is 1.77. The minimum atomic E-state index is -0.816. The molecular formula is C14H14N2O3S. The highest BCUT2D eigenvalue weighted by Crippen LogP contribution is 2.22. The summed E-state index contributed by atoms with van der Waals surface area (Å²) in [5, 5.41) is 9.19. The molecule has 1 N–H and O–H groups in total. The lowest BCUT2D eigenvalue weighted by Crippen LogP contribution is -1.97. The molecule has 0 aliphatic carbocycles. The average molecular weight is 290 g/mol. The number of aliphatic carboxylic acids is 1. The number of ether oxygens (including phenoxy) is 1. The Morgan fingerprint density at radius 1 is 1.30 bits per heavy atom. The minimum Gasteiger partial charge on any atom is -0.497 e. The molecule has 5 nitrogen and oxygen atoms in total. The molecule has 0 aliphatic heterocycles. The third-order valence-electron chi connectivity index (χ3n) is 2.57. The summed E-state index contributed by atoms with van der Waals surface area (Å²) in [6.45, 7) is 0. The van der Waals surface area contributed by atoms with Crippen LogP contribution in [0.3, 0.4) is 0 Å². The number of hydrogen-bond acceptors (Lipinski definition) is 5. The molecule has 0 fully saturated rings. The van der Waals surface area contributed by atoms with Crippen molar-refractivity contribution in [3.8, 4) is 17.0 Å². The maximum atomic E-state index is 10.5. The zero-order chi connectivity index (χ0) is 14.4. The van der Waals surface area contributed by atoms with Gasteiger partial charge in [0, 0.05) is 17.5 Å². The molecule has 0 aliphatic rings. The van der Waals surface area contributed by atoms with Crippen molar-refractivity contribution in [1.29, 1.82) is 0 Å². The molecule has 0 radical (unpaired) electrons. The Morgan fingerprint density at radius 3 is 2.70 bits per heavy atom. The Hall–Kier alpha value is -2.08. The first-order valence-electron chi connectivity index (χ1n) is 6.01. The number of hydrogen-bond donors (Lipinski definition) is 1. The van der Waals surface area contributed by atoms with E-state index in [2.05, 4.69) is 9.97 Å². The van der Waals surface area contributed by atoms with E-state index in [4.69, 9.17) is 9.84 Å². The molecule has 0 unspecified atom stereocenters. The zero-order valence-corrected chi connectivity index (χ0v) is 11.8. The van der Waals surface area contributed by atoms with Crippen molar-refractivity contribution in [2.24, 2.45) is 0 Å². The van der Waals surface area contributed by atoms with Crippen molar-refractivity contribution in [2.75, 3.05) is 12.9 Å². The first kappa shape index (κ1) is 14.3. The van der Waals surface area contributed by atoms with Gasteiger partial charge in [0.25, 0.3) is 0 Å². The fraction of sp³-hybridized carbons (Fsp3) is 0.214. The van der Waals surface area contributed by atoms with E-state index in [9.17, 15) is 4.79 Å². The van der Waals surface area contributed by atoms with Crippen LogP contribution in [0.25, 0.3) is 11.3 Å². The maximum Gasteiger partial charge on any atom is 0.304 e. The van der Waals surface area contributed by atoms with E-state index < -0.39 is 5.97 Å². The van der Waals surface area contributed by atoms with Crippen LogP contribution in [0.5, 0.6) is 5.75 Å². The molecule has 0 saturated heterocycles. The summed E-state index contributed by atoms with van der Waals surface area (Å²) in [7, 11) is 1.62. The van der Waals surface area contributed by atoms with Crippen LogP contribution in [0.15, 0.2) is 41.7 Å². The predicted molar refractivity (Wildman–Crippen MR) is 77.0 cm³/mol. The number of methoxy groups -OCH3 is 1. The van der Waals surface area contributed by atoms with E-state index >= 15 is 0 Å². The zero-order valence-electron chi connectivity index (χ0n) is 10.9. The fourth-order valence-corrected chi connectivity index (χ4v) is 2.32. The Balaban J connectivity index is 2.09. The van der Waals surface area contributed by atoms with Crippen molar-refractivity contribution in [1.82, 2.24) is 9.97 Å². The van der Waals surface area contributed by atoms with E-state index in [0.29, 0.717) is 10.9 Å². The molecule has 0 saturated carbocycles. The van der Waals surface area contributed by atoms with Crippen LogP contribution in [-0.2, 0) is 4.79 Å². The standard InChI is InChI=1S/C14H14N2O3S/c1-19-11-4-2-10(3-5-11)12-6-8-15-14(16-12)20-9-7-13(17)18/h2-6,8H,7,9H2,1H3,(H,17,18). The Morgan fingerprint density at radius 2 is 2.05 bits per heavy atom. The minimum absolute atomic E-state index is 0.0980. The molecule has 20 heavy (non-hydrogen) atoms. The summed E-state index contributed by atoms with van der Waals surface area (Å²) < 4.78 is 5.11. The van der Waals surface area contributed by atoms with Gasteiger partial charge in [-0.25, -0.2) is 9.97 Å². The molecule has 1 aromatic heterocycles. The van der Waals surface area contributed by atoms with Crippen LogP contribution < -0.4 is 4.74 Å². The maximum absolute atomic E-state index is 10.5. The highest BCUT2D eigenvalue weighted by atomic mass is 32.2. The van der Waals surface area contributed by atoms with Crippen molar-refractivity contribution < 1.29 is 14.6 Å². The van der Waals surface area contributed by atoms with Gasteiger partial charge in [-0.1, -0.05) is 11.8 Å². The van der Waals surface area contributed by atoms with Crippen molar-refractivity contribution in [3.05, 3.63) is 36.5 Å². The molecule has 1 heterocycles. The van der Waals surface area contributed by atoms with E-state index in [1.807, 2.05) is 30.3 Å². The van der Waals surface area contributed by atoms with Gasteiger partial charge >= 0.3 is 5.97 Å². The van der Waals surface area contributed by atoms with Gasteiger partial charge in [-0.15, -0.1) is 0 Å². The van der Waals surface area contributed by atoms with Gasteiger partial charge in [-0.05, 0) is 30.3 Å². The van der Waals surface area contributed by atoms with Gasteiger partial charge in [-0.3, -0.25) is 4.79 Å². The van der Waals surface area contributed by atoms with Crippen LogP contribution >= 0.6 is 11.8 Å². The molecule has 2 aromatic rings. The SMILES string of the molecule is COc1ccc(-c2ccnc(SCCC(=O)O)n2)cc1. The number of carboxylic acids is 1. The summed E-state index contributed by atoms with van der Waals surface area (Å²) in [6.07, 6.45) is 1.77. The quantitative estimate of drug-likeness (QED) is 0.651. The monoisotopic (exact) mass is 290 g/mol. The molecular weight excluding hydrogens is 276 g/mol. The van der Waals surface area contributed by atoms with Gasteiger partial charge < -0.3 is 9.84 Å². The summed E-state index contributed by atoms with van der Waals surface area (Å²) in [4.78, 5) is 19.0. The molecule has 1 aromatic carbocycles. The number of carboxylic acid groups (broad SMARTS) is 1. The van der Waals surface area contributed by atoms with E-state index in [1.165, 1.54) is 11.8 Å². The van der Waals surface area contributed by atoms with E-state index in [0.717, 1.165) is 17.0 Å². The highest BCUT2D eigenvalue weighted by Gasteiger charge is 2.04. The fourth-order valence-electron chi connectivity index (χ4n) is 1.56. The highest BCUT2D eigenvalue weighted by molar-refractivity contribution is 7.99. The molecule has 2 rings (SSSR count). The largest absolute Gasteiger partial charge is 0.497 e. The van der Waals surface area contributed by atoms with Gasteiger partial charge in [-0.2, -0.15) is 0 Å². The van der Waals surface area contributed by atoms with Crippen LogP contribution in [0.4, 0.5) is 0 Å². The van der Waals surface area contributed by atoms with Gasteiger partial charge in [0.05, 0.1) is 19.2 Å². The van der Waals surface area contributed by atoms with Crippen molar-refractivity contribution >= 4 is 17.7 Å². The first-order valence-corrected chi connectivity index (χ1v) is 6.99. The Labute approximate surface area is 121 Å². The van der Waals surface area contributed by atoms with E-state index in [-0.39, 0.29) is 6.42 Å². The Kier molecular flexibility index (Phi) is 4.95. The van der Waals surface area contributed by atoms with Gasteiger partial charge in [0.1, 0.15) is 5.75 Å². The van der Waals surface area contributed by atoms with Gasteiger partial charge in [0.2, 0.25) is 0 Å². The number of aromatic nitrogens is 2. The van der Waals surface area contributed by atoms with Crippen LogP contribution in [0.1, 0.15) is 6.42 Å². The molecule has 0 amide bonds. The predicted octanol–water partition coefficient (Wildman–Crippen LogP) is 2.72. The second-order valence-electron chi connectivity index (χ2n) is 3.95. The summed E-state index contributed by atoms with van der Waals surface area (Å²) >= 11 is 1.34. The third-order valence-corrected chi connectivity index (χ3v) is 3.43. The molecule has 104 valence electrons. The topological polar surface area (TPSA) is 72.3 Å². The smallest absolute Gasteiger partial charge is 0.304 e. The summed E-state index contributed by atoms with van der Waals surface area (Å²) in [6, 6.07) is 9.41. The number of nitrogens with zero attached hydrogens (tertiary/aromatic N) is 2. The Bertz CT molecular complexity index is 587. The third kappa shape index (κ3) is 3.96. The van der Waals surface area contributed by atoms with E-state index in [1.54, 1.807) is 13.3 Å². The average Bonchev–Trinajstić information content (AvgIpc) is 2.47. The van der Waals surface area contributed by atoms with Crippen molar-refractivity contribution in [2.45, 2.75) is 11.6 Å². The van der Waals surface area contributed by atoms with Crippen LogP contribution in [0.2, 0.25) is 0 Å². The number of carbonyl (C=O) groups is 1. The molecule has 0 bridgehead atoms. The number of rotatable bonds is 6. The molecule has 6 heteroatoms. The molecule has 0 spiro atoms. The van der Waals surface area contributed by atoms with Crippen LogP contribution in [-0.4, -0.2) is 33.9 Å². The first-order chi connectivity index (χ1) is 9.69. The second-order valence-corrected chi connectivity index (χ2v) is 5.01.